The monoisotopic (exact) mass is 180 g/mol. The summed E-state index contributed by atoms with van der Waals surface area (Å²) in [6.07, 6.45) is 0. The molecule has 0 heterocycles. The van der Waals surface area contributed by atoms with Crippen molar-refractivity contribution in [1.82, 2.24) is 0 Å². The van der Waals surface area contributed by atoms with Gasteiger partial charge in [0.25, 0.3) is 0 Å². The summed E-state index contributed by atoms with van der Waals surface area (Å²) < 4.78 is 0. The number of amides is 1. The number of aliphatic hydroxyl groups is 1. The number of benzene rings is 1. The molecule has 0 fully saturated rings. The highest BCUT2D eigenvalue weighted by Gasteiger charge is 2.06. The molecule has 1 rings (SSSR count). The Morgan fingerprint density at radius 2 is 2.23 bits per heavy atom. The first-order valence-corrected chi connectivity index (χ1v) is 3.91. The minimum Gasteiger partial charge on any atom is -0.394 e. The molecule has 1 atom stereocenters. The first kappa shape index (κ1) is 9.70. The number of primary amides is 1. The van der Waals surface area contributed by atoms with Crippen molar-refractivity contribution in [1.29, 1.82) is 0 Å². The van der Waals surface area contributed by atoms with Crippen LogP contribution in [-0.4, -0.2) is 17.6 Å². The molecule has 13 heavy (non-hydrogen) atoms. The topological polar surface area (TPSA) is 89.3 Å². The minimum absolute atomic E-state index is 0.151. The summed E-state index contributed by atoms with van der Waals surface area (Å²) >= 11 is 0. The highest BCUT2D eigenvalue weighted by Crippen LogP contribution is 2.11. The van der Waals surface area contributed by atoms with Crippen molar-refractivity contribution in [2.75, 3.05) is 6.61 Å². The number of aliphatic hydroxyl groups excluding tert-OH is 1. The predicted octanol–water partition coefficient (Wildman–Crippen LogP) is -0.222. The van der Waals surface area contributed by atoms with Crippen molar-refractivity contribution in [3.05, 3.63) is 35.4 Å². The van der Waals surface area contributed by atoms with E-state index in [-0.39, 0.29) is 6.61 Å². The molecule has 0 saturated heterocycles. The number of rotatable bonds is 3. The number of nitrogens with two attached hydrogens (primary N) is 2. The number of carbonyl (C=O) groups is 1. The fraction of sp³-hybridized carbons (Fsp3) is 0.222. The van der Waals surface area contributed by atoms with E-state index >= 15 is 0 Å². The van der Waals surface area contributed by atoms with Crippen LogP contribution < -0.4 is 11.5 Å². The minimum atomic E-state index is -0.494. The maximum absolute atomic E-state index is 10.8. The summed E-state index contributed by atoms with van der Waals surface area (Å²) in [5, 5.41) is 8.78. The van der Waals surface area contributed by atoms with Crippen molar-refractivity contribution in [2.45, 2.75) is 6.04 Å². The zero-order chi connectivity index (χ0) is 9.84. The Bertz CT molecular complexity index is 312. The predicted molar refractivity (Wildman–Crippen MR) is 49.0 cm³/mol. The van der Waals surface area contributed by atoms with Gasteiger partial charge in [0.1, 0.15) is 0 Å². The summed E-state index contributed by atoms with van der Waals surface area (Å²) in [6, 6.07) is 6.16. The molecule has 0 aliphatic carbocycles. The molecule has 0 aliphatic heterocycles. The average molecular weight is 180 g/mol. The molecule has 0 saturated carbocycles. The molecule has 0 spiro atoms. The van der Waals surface area contributed by atoms with Crippen LogP contribution in [0.2, 0.25) is 0 Å². The number of carbonyl (C=O) groups excluding carboxylic acids is 1. The average Bonchev–Trinajstić information content (AvgIpc) is 2.17. The number of hydrogen-bond donors (Lipinski definition) is 3. The summed E-state index contributed by atoms with van der Waals surface area (Å²) in [5.74, 6) is -0.494. The van der Waals surface area contributed by atoms with Gasteiger partial charge in [-0.25, -0.2) is 0 Å². The molecule has 0 unspecified atom stereocenters. The van der Waals surface area contributed by atoms with E-state index in [9.17, 15) is 4.79 Å². The lowest BCUT2D eigenvalue weighted by molar-refractivity contribution is 0.1000. The van der Waals surface area contributed by atoms with E-state index in [0.717, 1.165) is 0 Å². The van der Waals surface area contributed by atoms with Crippen LogP contribution in [-0.2, 0) is 0 Å². The van der Waals surface area contributed by atoms with Gasteiger partial charge in [-0.2, -0.15) is 0 Å². The first-order valence-electron chi connectivity index (χ1n) is 3.91. The van der Waals surface area contributed by atoms with Gasteiger partial charge in [-0.05, 0) is 17.7 Å². The second-order valence-electron chi connectivity index (χ2n) is 2.78. The molecule has 0 bridgehead atoms. The Balaban J connectivity index is 2.98. The third kappa shape index (κ3) is 2.27. The molecular weight excluding hydrogens is 168 g/mol. The zero-order valence-electron chi connectivity index (χ0n) is 7.10. The second kappa shape index (κ2) is 4.02. The standard InChI is InChI=1S/C9H12N2O2/c10-8(5-12)6-2-1-3-7(4-6)9(11)13/h1-4,8,12H,5,10H2,(H2,11,13)/t8-/m1/s1. The van der Waals surface area contributed by atoms with Gasteiger partial charge < -0.3 is 16.6 Å². The van der Waals surface area contributed by atoms with Crippen LogP contribution in [0, 0.1) is 0 Å². The van der Waals surface area contributed by atoms with Crippen molar-refractivity contribution in [2.24, 2.45) is 11.5 Å². The molecular formula is C9H12N2O2. The van der Waals surface area contributed by atoms with Crippen molar-refractivity contribution in [3.63, 3.8) is 0 Å². The Kier molecular flexibility index (Phi) is 3.00. The molecule has 1 amide bonds. The summed E-state index contributed by atoms with van der Waals surface area (Å²) in [5.41, 5.74) is 11.8. The largest absolute Gasteiger partial charge is 0.394 e. The lowest BCUT2D eigenvalue weighted by atomic mass is 10.1. The van der Waals surface area contributed by atoms with E-state index in [2.05, 4.69) is 0 Å². The maximum atomic E-state index is 10.8. The van der Waals surface area contributed by atoms with Crippen LogP contribution in [0.3, 0.4) is 0 Å². The van der Waals surface area contributed by atoms with Gasteiger partial charge in [-0.1, -0.05) is 12.1 Å². The van der Waals surface area contributed by atoms with Gasteiger partial charge in [0.2, 0.25) is 5.91 Å². The molecule has 1 aromatic carbocycles. The molecule has 0 aromatic heterocycles. The van der Waals surface area contributed by atoms with Gasteiger partial charge in [-0.15, -0.1) is 0 Å². The van der Waals surface area contributed by atoms with Crippen LogP contribution >= 0.6 is 0 Å². The van der Waals surface area contributed by atoms with E-state index in [1.54, 1.807) is 24.3 Å². The van der Waals surface area contributed by atoms with E-state index in [1.165, 1.54) is 0 Å². The fourth-order valence-corrected chi connectivity index (χ4v) is 1.03. The maximum Gasteiger partial charge on any atom is 0.248 e. The Labute approximate surface area is 76.2 Å². The van der Waals surface area contributed by atoms with Gasteiger partial charge in [0, 0.05) is 5.56 Å². The SMILES string of the molecule is NC(=O)c1cccc([C@H](N)CO)c1. The molecule has 1 aromatic rings. The van der Waals surface area contributed by atoms with Crippen LogP contribution in [0.15, 0.2) is 24.3 Å². The first-order chi connectivity index (χ1) is 6.15. The fourth-order valence-electron chi connectivity index (χ4n) is 1.03. The van der Waals surface area contributed by atoms with Gasteiger partial charge >= 0.3 is 0 Å². The Morgan fingerprint density at radius 3 is 2.77 bits per heavy atom. The van der Waals surface area contributed by atoms with Crippen molar-refractivity contribution in [3.8, 4) is 0 Å². The van der Waals surface area contributed by atoms with Crippen molar-refractivity contribution >= 4 is 5.91 Å². The molecule has 4 heteroatoms. The molecule has 0 aliphatic rings. The van der Waals surface area contributed by atoms with E-state index in [1.807, 2.05) is 0 Å². The summed E-state index contributed by atoms with van der Waals surface area (Å²) in [7, 11) is 0. The summed E-state index contributed by atoms with van der Waals surface area (Å²) in [4.78, 5) is 10.8. The quantitative estimate of drug-likeness (QED) is 0.600. The highest BCUT2D eigenvalue weighted by atomic mass is 16.3. The van der Waals surface area contributed by atoms with Gasteiger partial charge in [0.05, 0.1) is 12.6 Å². The highest BCUT2D eigenvalue weighted by molar-refractivity contribution is 5.92. The molecule has 5 N–H and O–H groups in total. The second-order valence-corrected chi connectivity index (χ2v) is 2.78. The van der Waals surface area contributed by atoms with E-state index < -0.39 is 11.9 Å². The third-order valence-electron chi connectivity index (χ3n) is 1.80. The van der Waals surface area contributed by atoms with Crippen LogP contribution in [0.4, 0.5) is 0 Å². The molecule has 0 radical (unpaired) electrons. The van der Waals surface area contributed by atoms with E-state index in [0.29, 0.717) is 11.1 Å². The van der Waals surface area contributed by atoms with Crippen LogP contribution in [0.25, 0.3) is 0 Å². The third-order valence-corrected chi connectivity index (χ3v) is 1.80. The van der Waals surface area contributed by atoms with E-state index in [4.69, 9.17) is 16.6 Å². The smallest absolute Gasteiger partial charge is 0.248 e. The van der Waals surface area contributed by atoms with Gasteiger partial charge in [-0.3, -0.25) is 4.79 Å². The molecule has 70 valence electrons. The van der Waals surface area contributed by atoms with Crippen LogP contribution in [0.5, 0.6) is 0 Å². The Hall–Kier alpha value is -1.39. The summed E-state index contributed by atoms with van der Waals surface area (Å²) in [6.45, 7) is -0.151. The normalized spacial score (nSPS) is 12.5. The molecule has 4 nitrogen and oxygen atoms in total. The van der Waals surface area contributed by atoms with Crippen molar-refractivity contribution < 1.29 is 9.90 Å². The number of hydrogen-bond acceptors (Lipinski definition) is 3. The zero-order valence-corrected chi connectivity index (χ0v) is 7.10. The Morgan fingerprint density at radius 1 is 1.54 bits per heavy atom. The van der Waals surface area contributed by atoms with Crippen LogP contribution in [0.1, 0.15) is 22.0 Å². The lowest BCUT2D eigenvalue weighted by Gasteiger charge is -2.08. The lowest BCUT2D eigenvalue weighted by Crippen LogP contribution is -2.16. The van der Waals surface area contributed by atoms with Gasteiger partial charge in [0.15, 0.2) is 0 Å².